The smallest absolute Gasteiger partial charge is 0.248 e. The average molecular weight is 582 g/mol. The van der Waals surface area contributed by atoms with Crippen molar-refractivity contribution in [1.29, 1.82) is 5.26 Å². The van der Waals surface area contributed by atoms with Crippen LogP contribution >= 0.6 is 0 Å². The predicted molar refractivity (Wildman–Crippen MR) is 155 cm³/mol. The number of fused-ring (bicyclic) bond motifs is 3. The van der Waals surface area contributed by atoms with E-state index in [9.17, 15) is 19.6 Å². The summed E-state index contributed by atoms with van der Waals surface area (Å²) in [6, 6.07) is 12.7. The summed E-state index contributed by atoms with van der Waals surface area (Å²) < 4.78 is 0. The lowest BCUT2D eigenvalue weighted by atomic mass is 9.66. The van der Waals surface area contributed by atoms with Crippen LogP contribution in [-0.2, 0) is 23.1 Å². The van der Waals surface area contributed by atoms with E-state index in [-0.39, 0.29) is 36.5 Å². The zero-order valence-corrected chi connectivity index (χ0v) is 24.2. The Labute approximate surface area is 249 Å². The maximum Gasteiger partial charge on any atom is 0.248 e. The molecular formula is C31H35N9O3. The molecule has 2 heterocycles. The van der Waals surface area contributed by atoms with Gasteiger partial charge in [0.05, 0.1) is 18.0 Å². The second kappa shape index (κ2) is 10.9. The molecule has 3 aliphatic rings. The zero-order chi connectivity index (χ0) is 30.5. The van der Waals surface area contributed by atoms with Gasteiger partial charge in [-0.3, -0.25) is 14.4 Å². The molecule has 12 nitrogen and oxygen atoms in total. The number of aromatic amines is 1. The fraction of sp³-hybridized carbons (Fsp3) is 0.452. The number of aryl methyl sites for hydroxylation is 2. The van der Waals surface area contributed by atoms with Crippen molar-refractivity contribution in [2.24, 2.45) is 23.3 Å². The van der Waals surface area contributed by atoms with Crippen LogP contribution in [0.2, 0.25) is 0 Å². The number of nitrogens with two attached hydrogens (primary N) is 2. The standard InChI is InChI=1S/C31H35N9O3/c1-16(2)25(35-15-27(41)40-22(14-32)11-21-12-26(21)40)13-31(30-36-38-39-37-30)23-7-5-19(28(33)42)9-17(23)3-4-18-10-20(29(34)43)6-8-24(18)31/h5-10,16,21-22,25-26,35H,3-4,11-13,15H2,1-2H3,(H2,33,42)(H2,34,43)(H,36,37,38,39)/t21-,22+,25+,26+/m1/s1. The first-order valence-corrected chi connectivity index (χ1v) is 14.7. The van der Waals surface area contributed by atoms with Crippen LogP contribution in [0, 0.1) is 23.2 Å². The molecule has 1 aromatic heterocycles. The summed E-state index contributed by atoms with van der Waals surface area (Å²) in [6.07, 6.45) is 3.31. The molecule has 0 bridgehead atoms. The second-order valence-corrected chi connectivity index (χ2v) is 12.3. The molecule has 3 aromatic rings. The second-order valence-electron chi connectivity index (χ2n) is 12.3. The Morgan fingerprint density at radius 3 is 2.21 bits per heavy atom. The molecule has 1 saturated heterocycles. The monoisotopic (exact) mass is 581 g/mol. The highest BCUT2D eigenvalue weighted by Gasteiger charge is 2.54. The summed E-state index contributed by atoms with van der Waals surface area (Å²) in [4.78, 5) is 39.5. The summed E-state index contributed by atoms with van der Waals surface area (Å²) in [5.41, 5.74) is 14.8. The number of carbonyl (C=O) groups excluding carboxylic acids is 3. The van der Waals surface area contributed by atoms with Gasteiger partial charge in [0.25, 0.3) is 0 Å². The van der Waals surface area contributed by atoms with Gasteiger partial charge < -0.3 is 21.7 Å². The van der Waals surface area contributed by atoms with Crippen LogP contribution in [0.15, 0.2) is 36.4 Å². The molecule has 0 radical (unpaired) electrons. The van der Waals surface area contributed by atoms with Gasteiger partial charge in [0.15, 0.2) is 5.82 Å². The largest absolute Gasteiger partial charge is 0.366 e. The first-order chi connectivity index (χ1) is 20.6. The number of piperidine rings is 1. The van der Waals surface area contributed by atoms with Gasteiger partial charge in [0.2, 0.25) is 17.7 Å². The predicted octanol–water partition coefficient (Wildman–Crippen LogP) is 1.35. The van der Waals surface area contributed by atoms with Crippen LogP contribution in [-0.4, -0.2) is 67.9 Å². The minimum absolute atomic E-state index is 0.0744. The number of amides is 3. The summed E-state index contributed by atoms with van der Waals surface area (Å²) in [5, 5.41) is 28.7. The summed E-state index contributed by atoms with van der Waals surface area (Å²) in [6.45, 7) is 4.26. The van der Waals surface area contributed by atoms with Gasteiger partial charge in [-0.15, -0.1) is 10.2 Å². The van der Waals surface area contributed by atoms with Gasteiger partial charge in [-0.05, 0) is 90.5 Å². The average Bonchev–Trinajstić information content (AvgIpc) is 3.37. The van der Waals surface area contributed by atoms with Crippen molar-refractivity contribution in [2.75, 3.05) is 6.54 Å². The van der Waals surface area contributed by atoms with E-state index < -0.39 is 17.2 Å². The number of nitrogens with zero attached hydrogens (tertiary/aromatic N) is 5. The maximum absolute atomic E-state index is 13.4. The Balaban J connectivity index is 1.45. The molecule has 1 aliphatic heterocycles. The number of hydrogen-bond acceptors (Lipinski definition) is 8. The highest BCUT2D eigenvalue weighted by molar-refractivity contribution is 5.94. The molecular weight excluding hydrogens is 546 g/mol. The number of primary amides is 2. The highest BCUT2D eigenvalue weighted by Crippen LogP contribution is 2.49. The van der Waals surface area contributed by atoms with Crippen molar-refractivity contribution in [3.8, 4) is 6.07 Å². The van der Waals surface area contributed by atoms with Crippen LogP contribution in [0.25, 0.3) is 0 Å². The van der Waals surface area contributed by atoms with Gasteiger partial charge in [-0.2, -0.15) is 10.5 Å². The lowest BCUT2D eigenvalue weighted by molar-refractivity contribution is -0.131. The number of tetrazole rings is 1. The van der Waals surface area contributed by atoms with Crippen LogP contribution in [0.1, 0.15) is 81.9 Å². The van der Waals surface area contributed by atoms with Gasteiger partial charge in [0, 0.05) is 23.2 Å². The zero-order valence-electron chi connectivity index (χ0n) is 24.2. The third-order valence-corrected chi connectivity index (χ3v) is 9.48. The fourth-order valence-electron chi connectivity index (χ4n) is 7.16. The van der Waals surface area contributed by atoms with Crippen molar-refractivity contribution in [3.63, 3.8) is 0 Å². The van der Waals surface area contributed by atoms with Crippen molar-refractivity contribution in [3.05, 3.63) is 75.6 Å². The molecule has 2 fully saturated rings. The summed E-state index contributed by atoms with van der Waals surface area (Å²) >= 11 is 0. The molecule has 4 atom stereocenters. The van der Waals surface area contributed by atoms with E-state index in [0.717, 1.165) is 35.1 Å². The normalized spacial score (nSPS) is 22.1. The van der Waals surface area contributed by atoms with Gasteiger partial charge in [-0.25, -0.2) is 0 Å². The highest BCUT2D eigenvalue weighted by atomic mass is 16.2. The Morgan fingerprint density at radius 2 is 1.70 bits per heavy atom. The van der Waals surface area contributed by atoms with Gasteiger partial charge >= 0.3 is 0 Å². The number of aromatic nitrogens is 4. The van der Waals surface area contributed by atoms with Crippen molar-refractivity contribution in [2.45, 2.75) is 69.5 Å². The van der Waals surface area contributed by atoms with Crippen LogP contribution < -0.4 is 16.8 Å². The van der Waals surface area contributed by atoms with E-state index in [1.54, 1.807) is 17.0 Å². The minimum Gasteiger partial charge on any atom is -0.366 e. The van der Waals surface area contributed by atoms with E-state index >= 15 is 0 Å². The third-order valence-electron chi connectivity index (χ3n) is 9.48. The van der Waals surface area contributed by atoms with E-state index in [1.807, 2.05) is 24.3 Å². The van der Waals surface area contributed by atoms with E-state index in [2.05, 4.69) is 45.9 Å². The third kappa shape index (κ3) is 4.93. The molecule has 222 valence electrons. The molecule has 2 aromatic carbocycles. The fourth-order valence-corrected chi connectivity index (χ4v) is 7.16. The first kappa shape index (κ1) is 28.5. The van der Waals surface area contributed by atoms with Crippen LogP contribution in [0.5, 0.6) is 0 Å². The van der Waals surface area contributed by atoms with Crippen LogP contribution in [0.3, 0.4) is 0 Å². The summed E-state index contributed by atoms with van der Waals surface area (Å²) in [5.74, 6) is -0.178. The van der Waals surface area contributed by atoms with Crippen molar-refractivity contribution in [1.82, 2.24) is 30.8 Å². The minimum atomic E-state index is -0.962. The number of hydrogen-bond donors (Lipinski definition) is 4. The molecule has 3 amide bonds. The lowest BCUT2D eigenvalue weighted by Crippen LogP contribution is -2.49. The van der Waals surface area contributed by atoms with Gasteiger partial charge in [-0.1, -0.05) is 31.2 Å². The number of benzene rings is 2. The number of rotatable bonds is 9. The number of nitrogens with one attached hydrogen (secondary N) is 2. The number of carbonyl (C=O) groups is 3. The molecule has 2 aliphatic carbocycles. The molecule has 1 saturated carbocycles. The topological polar surface area (TPSA) is 197 Å². The first-order valence-electron chi connectivity index (χ1n) is 14.7. The number of likely N-dealkylation sites (tertiary alicyclic amines) is 1. The Kier molecular flexibility index (Phi) is 7.22. The van der Waals surface area contributed by atoms with Crippen molar-refractivity contribution >= 4 is 17.7 Å². The van der Waals surface area contributed by atoms with Gasteiger partial charge in [0.1, 0.15) is 6.04 Å². The molecule has 6 rings (SSSR count). The maximum atomic E-state index is 13.4. The van der Waals surface area contributed by atoms with Crippen molar-refractivity contribution < 1.29 is 14.4 Å². The number of nitriles is 1. The quantitative estimate of drug-likeness (QED) is 0.290. The number of H-pyrrole nitrogens is 1. The summed E-state index contributed by atoms with van der Waals surface area (Å²) in [7, 11) is 0. The van der Waals surface area contributed by atoms with E-state index in [1.165, 1.54) is 0 Å². The Morgan fingerprint density at radius 1 is 1.07 bits per heavy atom. The Bertz CT molecular complexity index is 1560. The molecule has 6 N–H and O–H groups in total. The molecule has 12 heteroatoms. The Hall–Kier alpha value is -4.63. The van der Waals surface area contributed by atoms with Crippen LogP contribution in [0.4, 0.5) is 0 Å². The molecule has 43 heavy (non-hydrogen) atoms. The van der Waals surface area contributed by atoms with E-state index in [4.69, 9.17) is 11.5 Å². The molecule has 0 unspecified atom stereocenters. The van der Waals surface area contributed by atoms with E-state index in [0.29, 0.717) is 42.1 Å². The SMILES string of the molecule is CC(C)[C@H](CC1(c2nn[nH]n2)c2ccc(C(N)=O)cc2CCc2cc(C(N)=O)ccc21)NCC(=O)N1[C@H](C#N)C[C@@H]2C[C@@H]21. The lowest BCUT2D eigenvalue weighted by Gasteiger charge is -2.38. The molecule has 0 spiro atoms.